The van der Waals surface area contributed by atoms with Gasteiger partial charge in [0, 0.05) is 6.42 Å². The van der Waals surface area contributed by atoms with Gasteiger partial charge in [0.25, 0.3) is 0 Å². The lowest BCUT2D eigenvalue weighted by atomic mass is 10.1. The number of hydrogen-bond acceptors (Lipinski definition) is 4. The van der Waals surface area contributed by atoms with Crippen LogP contribution in [0.5, 0.6) is 0 Å². The zero-order valence-corrected chi connectivity index (χ0v) is 17.1. The summed E-state index contributed by atoms with van der Waals surface area (Å²) < 4.78 is 22.6. The van der Waals surface area contributed by atoms with Crippen LogP contribution in [-0.2, 0) is 9.13 Å². The Labute approximate surface area is 151 Å². The smallest absolute Gasteiger partial charge is 0.323 e. The van der Waals surface area contributed by atoms with Crippen LogP contribution in [-0.4, -0.2) is 37.7 Å². The van der Waals surface area contributed by atoms with Gasteiger partial charge in [-0.1, -0.05) is 64.7 Å². The van der Waals surface area contributed by atoms with Gasteiger partial charge in [-0.25, -0.2) is 0 Å². The molecule has 0 fully saturated rings. The van der Waals surface area contributed by atoms with Crippen molar-refractivity contribution in [3.63, 3.8) is 0 Å². The van der Waals surface area contributed by atoms with Crippen molar-refractivity contribution in [1.82, 2.24) is 5.32 Å². The van der Waals surface area contributed by atoms with Crippen LogP contribution in [0.4, 0.5) is 0 Å². The molecule has 0 spiro atoms. The van der Waals surface area contributed by atoms with E-state index < -0.39 is 26.6 Å². The molecule has 7 N–H and O–H groups in total. The number of rotatable bonds is 16. The maximum atomic E-state index is 11.3. The summed E-state index contributed by atoms with van der Waals surface area (Å²) in [6.45, 7) is 2.89. The molecule has 0 rings (SSSR count). The first-order valence-corrected chi connectivity index (χ1v) is 12.4. The minimum Gasteiger partial charge on any atom is -0.323 e. The Bertz CT molecular complexity index is 416. The molecule has 0 saturated carbocycles. The van der Waals surface area contributed by atoms with E-state index in [1.165, 1.54) is 44.9 Å². The average molecular weight is 402 g/mol. The van der Waals surface area contributed by atoms with Crippen molar-refractivity contribution in [1.29, 1.82) is 0 Å². The maximum Gasteiger partial charge on any atom is 0.357 e. The van der Waals surface area contributed by atoms with Crippen LogP contribution in [0.25, 0.3) is 0 Å². The Morgan fingerprint density at radius 3 is 1.56 bits per heavy atom. The third kappa shape index (κ3) is 10.2. The Balaban J connectivity index is 3.72. The minimum atomic E-state index is -5.12. The Hall–Kier alpha value is 0.220. The van der Waals surface area contributed by atoms with Crippen molar-refractivity contribution in [2.45, 2.75) is 82.6 Å². The maximum absolute atomic E-state index is 11.3. The van der Waals surface area contributed by atoms with Gasteiger partial charge in [0.1, 0.15) is 0 Å². The second kappa shape index (κ2) is 12.6. The normalized spacial score (nSPS) is 13.4. The van der Waals surface area contributed by atoms with Gasteiger partial charge in [-0.05, 0) is 19.5 Å². The van der Waals surface area contributed by atoms with Crippen LogP contribution >= 0.6 is 15.2 Å². The summed E-state index contributed by atoms with van der Waals surface area (Å²) in [5.41, 5.74) is 5.33. The molecule has 0 amide bonds. The standard InChI is InChI=1S/C15H36N2O6P2/c1-2-3-4-5-6-7-8-9-10-11-13-17-14-12-15(16,24(18,19)20)25(21,22)23/h17H,2-14,16H2,1H3,(H2,18,19,20)(H2,21,22,23). The highest BCUT2D eigenvalue weighted by Crippen LogP contribution is 2.67. The third-order valence-electron chi connectivity index (χ3n) is 4.39. The lowest BCUT2D eigenvalue weighted by molar-refractivity contribution is 0.301. The number of unbranched alkanes of at least 4 members (excludes halogenated alkanes) is 9. The molecule has 152 valence electrons. The summed E-state index contributed by atoms with van der Waals surface area (Å²) >= 11 is 0. The molecule has 8 nitrogen and oxygen atoms in total. The van der Waals surface area contributed by atoms with Crippen LogP contribution in [0.2, 0.25) is 0 Å². The van der Waals surface area contributed by atoms with Crippen LogP contribution in [0.1, 0.15) is 77.6 Å². The second-order valence-electron chi connectivity index (χ2n) is 6.65. The molecule has 0 aromatic carbocycles. The SMILES string of the molecule is CCCCCCCCCCCCNCCC(N)(P(=O)(O)O)P(=O)(O)O. The van der Waals surface area contributed by atoms with E-state index in [1.54, 1.807) is 0 Å². The first-order valence-electron chi connectivity index (χ1n) is 9.17. The minimum absolute atomic E-state index is 0.0458. The largest absolute Gasteiger partial charge is 0.357 e. The van der Waals surface area contributed by atoms with Crippen LogP contribution in [0, 0.1) is 0 Å². The van der Waals surface area contributed by atoms with Gasteiger partial charge in [0.05, 0.1) is 0 Å². The third-order valence-corrected chi connectivity index (χ3v) is 8.41. The Kier molecular flexibility index (Phi) is 12.7. The van der Waals surface area contributed by atoms with E-state index in [9.17, 15) is 9.13 Å². The van der Waals surface area contributed by atoms with Gasteiger partial charge in [-0.2, -0.15) is 0 Å². The zero-order valence-electron chi connectivity index (χ0n) is 15.3. The molecule has 0 aliphatic carbocycles. The average Bonchev–Trinajstić information content (AvgIpc) is 2.49. The molecule has 0 aliphatic heterocycles. The summed E-state index contributed by atoms with van der Waals surface area (Å²) in [4.78, 5) is 36.5. The Morgan fingerprint density at radius 2 is 1.16 bits per heavy atom. The first kappa shape index (κ1) is 25.2. The van der Waals surface area contributed by atoms with E-state index in [1.807, 2.05) is 0 Å². The van der Waals surface area contributed by atoms with Crippen molar-refractivity contribution in [3.05, 3.63) is 0 Å². The highest BCUT2D eigenvalue weighted by Gasteiger charge is 2.56. The molecule has 0 aliphatic rings. The molecule has 0 radical (unpaired) electrons. The van der Waals surface area contributed by atoms with Gasteiger partial charge < -0.3 is 30.6 Å². The van der Waals surface area contributed by atoms with E-state index in [0.29, 0.717) is 6.54 Å². The number of hydrogen-bond donors (Lipinski definition) is 6. The molecule has 0 aromatic rings. The first-order chi connectivity index (χ1) is 11.6. The highest BCUT2D eigenvalue weighted by atomic mass is 31.2. The summed E-state index contributed by atoms with van der Waals surface area (Å²) in [5, 5.41) is 0.129. The van der Waals surface area contributed by atoms with E-state index in [0.717, 1.165) is 19.3 Å². The molecule has 0 aromatic heterocycles. The summed E-state index contributed by atoms with van der Waals surface area (Å²) in [5.74, 6) is 0. The molecular weight excluding hydrogens is 366 g/mol. The zero-order chi connectivity index (χ0) is 19.4. The van der Waals surface area contributed by atoms with E-state index >= 15 is 0 Å². The van der Waals surface area contributed by atoms with Crippen molar-refractivity contribution in [2.24, 2.45) is 5.73 Å². The predicted molar refractivity (Wildman–Crippen MR) is 100 cm³/mol. The lowest BCUT2D eigenvalue weighted by Gasteiger charge is -2.30. The molecule has 0 saturated heterocycles. The number of nitrogens with one attached hydrogen (secondary N) is 1. The van der Waals surface area contributed by atoms with Crippen LogP contribution < -0.4 is 11.1 Å². The molecule has 0 atom stereocenters. The summed E-state index contributed by atoms with van der Waals surface area (Å²) in [6.07, 6.45) is 11.6. The van der Waals surface area contributed by atoms with E-state index in [2.05, 4.69) is 12.2 Å². The molecule has 0 bridgehead atoms. The predicted octanol–water partition coefficient (Wildman–Crippen LogP) is 2.85. The van der Waals surface area contributed by atoms with E-state index in [4.69, 9.17) is 25.3 Å². The summed E-state index contributed by atoms with van der Waals surface area (Å²) in [7, 11) is -10.2. The topological polar surface area (TPSA) is 153 Å². The lowest BCUT2D eigenvalue weighted by Crippen LogP contribution is -2.42. The monoisotopic (exact) mass is 402 g/mol. The van der Waals surface area contributed by atoms with Gasteiger partial charge in [-0.15, -0.1) is 0 Å². The van der Waals surface area contributed by atoms with Crippen molar-refractivity contribution >= 4 is 15.2 Å². The fourth-order valence-corrected chi connectivity index (χ4v) is 4.76. The van der Waals surface area contributed by atoms with Crippen LogP contribution in [0.15, 0.2) is 0 Å². The van der Waals surface area contributed by atoms with Crippen LogP contribution in [0.3, 0.4) is 0 Å². The number of nitrogens with two attached hydrogens (primary N) is 1. The molecular formula is C15H36N2O6P2. The second-order valence-corrected chi connectivity index (χ2v) is 10.8. The fraction of sp³-hybridized carbons (Fsp3) is 1.00. The van der Waals surface area contributed by atoms with Gasteiger partial charge in [0.15, 0.2) is 0 Å². The van der Waals surface area contributed by atoms with Gasteiger partial charge in [-0.3, -0.25) is 9.13 Å². The van der Waals surface area contributed by atoms with Crippen molar-refractivity contribution in [2.75, 3.05) is 13.1 Å². The van der Waals surface area contributed by atoms with Crippen molar-refractivity contribution < 1.29 is 28.7 Å². The highest BCUT2D eigenvalue weighted by molar-refractivity contribution is 7.72. The van der Waals surface area contributed by atoms with Gasteiger partial charge in [0.2, 0.25) is 5.02 Å². The molecule has 0 unspecified atom stereocenters. The molecule has 0 heterocycles. The molecule has 25 heavy (non-hydrogen) atoms. The quantitative estimate of drug-likeness (QED) is 0.170. The Morgan fingerprint density at radius 1 is 0.760 bits per heavy atom. The van der Waals surface area contributed by atoms with E-state index in [-0.39, 0.29) is 6.54 Å². The fourth-order valence-electron chi connectivity index (χ4n) is 2.60. The molecule has 10 heteroatoms. The summed E-state index contributed by atoms with van der Waals surface area (Å²) in [6, 6.07) is 0. The van der Waals surface area contributed by atoms with Crippen molar-refractivity contribution in [3.8, 4) is 0 Å². The van der Waals surface area contributed by atoms with Gasteiger partial charge >= 0.3 is 15.2 Å².